The molecule has 0 aliphatic carbocycles. The number of thioether (sulfide) groups is 1. The highest BCUT2D eigenvalue weighted by molar-refractivity contribution is 8.01. The summed E-state index contributed by atoms with van der Waals surface area (Å²) < 4.78 is 1.60. The van der Waals surface area contributed by atoms with E-state index in [9.17, 15) is 4.79 Å². The molecule has 1 amide bonds. The second-order valence-corrected chi connectivity index (χ2v) is 5.87. The van der Waals surface area contributed by atoms with Crippen LogP contribution in [0, 0.1) is 0 Å². The van der Waals surface area contributed by atoms with E-state index in [1.807, 2.05) is 18.2 Å². The van der Waals surface area contributed by atoms with E-state index in [1.54, 1.807) is 28.8 Å². The third-order valence-electron chi connectivity index (χ3n) is 3.17. The molecule has 3 rings (SSSR count). The van der Waals surface area contributed by atoms with E-state index in [-0.39, 0.29) is 17.8 Å². The van der Waals surface area contributed by atoms with Gasteiger partial charge >= 0.3 is 0 Å². The summed E-state index contributed by atoms with van der Waals surface area (Å²) in [5.74, 6) is -0.00486. The van der Waals surface area contributed by atoms with Crippen LogP contribution in [0.15, 0.2) is 41.6 Å². The maximum Gasteiger partial charge on any atom is 0.238 e. The lowest BCUT2D eigenvalue weighted by Gasteiger charge is -2.07. The summed E-state index contributed by atoms with van der Waals surface area (Å²) in [5.41, 5.74) is 1.90. The molecule has 104 valence electrons. The summed E-state index contributed by atoms with van der Waals surface area (Å²) in [6, 6.07) is 8.10. The van der Waals surface area contributed by atoms with Crippen molar-refractivity contribution in [3.05, 3.63) is 42.2 Å². The molecule has 0 saturated heterocycles. The topological polar surface area (TPSA) is 67.2 Å². The van der Waals surface area contributed by atoms with Crippen LogP contribution in [0.1, 0.15) is 5.56 Å². The second kappa shape index (κ2) is 5.68. The molecule has 1 atom stereocenters. The fraction of sp³-hybridized carbons (Fsp3) is 0.286. The molecule has 0 fully saturated rings. The minimum absolute atomic E-state index is 0.00486. The molecule has 2 heterocycles. The first-order valence-corrected chi connectivity index (χ1v) is 7.33. The molecule has 2 aromatic rings. The van der Waals surface area contributed by atoms with Crippen molar-refractivity contribution in [2.45, 2.75) is 23.1 Å². The number of nitrogens with zero attached hydrogens (tertiary/aromatic N) is 2. The number of fused-ring (bicyclic) bond motifs is 1. The van der Waals surface area contributed by atoms with Crippen LogP contribution < -0.4 is 5.32 Å². The largest absolute Gasteiger partial charge is 0.394 e. The Hall–Kier alpha value is -1.79. The molecule has 6 heteroatoms. The van der Waals surface area contributed by atoms with Gasteiger partial charge in [0.15, 0.2) is 0 Å². The van der Waals surface area contributed by atoms with Crippen molar-refractivity contribution in [3.63, 3.8) is 0 Å². The van der Waals surface area contributed by atoms with Crippen molar-refractivity contribution in [2.24, 2.45) is 0 Å². The fourth-order valence-corrected chi connectivity index (χ4v) is 3.40. The van der Waals surface area contributed by atoms with Gasteiger partial charge in [-0.3, -0.25) is 9.48 Å². The zero-order chi connectivity index (χ0) is 13.9. The maximum atomic E-state index is 12.2. The Balaban J connectivity index is 1.63. The highest BCUT2D eigenvalue weighted by atomic mass is 32.2. The Morgan fingerprint density at radius 2 is 2.35 bits per heavy atom. The van der Waals surface area contributed by atoms with E-state index in [2.05, 4.69) is 16.5 Å². The first-order valence-electron chi connectivity index (χ1n) is 6.45. The molecule has 0 saturated carbocycles. The zero-order valence-electron chi connectivity index (χ0n) is 10.8. The van der Waals surface area contributed by atoms with Crippen molar-refractivity contribution in [2.75, 3.05) is 11.9 Å². The predicted molar refractivity (Wildman–Crippen MR) is 77.7 cm³/mol. The van der Waals surface area contributed by atoms with Gasteiger partial charge in [0, 0.05) is 11.1 Å². The standard InChI is InChI=1S/C14H15N3O2S/c18-6-5-17-9-11(8-15-17)16-14(19)13-7-10-3-1-2-4-12(10)20-13/h1-4,8-9,13,18H,5-7H2,(H,16,19)/t13-/m0/s1. The van der Waals surface area contributed by atoms with Gasteiger partial charge in [0.2, 0.25) is 5.91 Å². The van der Waals surface area contributed by atoms with Crippen LogP contribution in [-0.4, -0.2) is 32.7 Å². The fourth-order valence-electron chi connectivity index (χ4n) is 2.20. The van der Waals surface area contributed by atoms with Crippen molar-refractivity contribution < 1.29 is 9.90 Å². The Bertz CT molecular complexity index is 601. The van der Waals surface area contributed by atoms with Gasteiger partial charge < -0.3 is 10.4 Å². The lowest BCUT2D eigenvalue weighted by atomic mass is 10.1. The summed E-state index contributed by atoms with van der Waals surface area (Å²) in [6.45, 7) is 0.461. The smallest absolute Gasteiger partial charge is 0.238 e. The minimum Gasteiger partial charge on any atom is -0.394 e. The third kappa shape index (κ3) is 2.71. The normalized spacial score (nSPS) is 16.9. The van der Waals surface area contributed by atoms with E-state index < -0.39 is 0 Å². The summed E-state index contributed by atoms with van der Waals surface area (Å²) >= 11 is 1.60. The van der Waals surface area contributed by atoms with Gasteiger partial charge in [0.25, 0.3) is 0 Å². The molecule has 0 bridgehead atoms. The minimum atomic E-state index is -0.0893. The highest BCUT2D eigenvalue weighted by Crippen LogP contribution is 2.37. The highest BCUT2D eigenvalue weighted by Gasteiger charge is 2.28. The first-order chi connectivity index (χ1) is 9.76. The number of nitrogens with one attached hydrogen (secondary N) is 1. The van der Waals surface area contributed by atoms with Crippen LogP contribution in [0.3, 0.4) is 0 Å². The van der Waals surface area contributed by atoms with E-state index >= 15 is 0 Å². The summed E-state index contributed by atoms with van der Waals surface area (Å²) in [5, 5.41) is 15.7. The van der Waals surface area contributed by atoms with Crippen LogP contribution in [0.5, 0.6) is 0 Å². The average molecular weight is 289 g/mol. The quantitative estimate of drug-likeness (QED) is 0.896. The Morgan fingerprint density at radius 3 is 3.15 bits per heavy atom. The number of aliphatic hydroxyl groups excluding tert-OH is 1. The van der Waals surface area contributed by atoms with Gasteiger partial charge in [-0.15, -0.1) is 11.8 Å². The summed E-state index contributed by atoms with van der Waals surface area (Å²) in [4.78, 5) is 13.4. The van der Waals surface area contributed by atoms with E-state index in [1.165, 1.54) is 10.5 Å². The van der Waals surface area contributed by atoms with Crippen LogP contribution in [0.4, 0.5) is 5.69 Å². The Labute approximate surface area is 121 Å². The molecule has 5 nitrogen and oxygen atoms in total. The van der Waals surface area contributed by atoms with Crippen molar-refractivity contribution in [3.8, 4) is 0 Å². The van der Waals surface area contributed by atoms with Crippen LogP contribution in [0.2, 0.25) is 0 Å². The van der Waals surface area contributed by atoms with E-state index in [0.717, 1.165) is 6.42 Å². The van der Waals surface area contributed by atoms with Crippen LogP contribution >= 0.6 is 11.8 Å². The predicted octanol–water partition coefficient (Wildman–Crippen LogP) is 1.53. The monoisotopic (exact) mass is 289 g/mol. The zero-order valence-corrected chi connectivity index (χ0v) is 11.6. The third-order valence-corrected chi connectivity index (χ3v) is 4.49. The number of anilines is 1. The molecule has 1 aromatic carbocycles. The second-order valence-electron chi connectivity index (χ2n) is 4.62. The average Bonchev–Trinajstić information content (AvgIpc) is 3.05. The van der Waals surface area contributed by atoms with Gasteiger partial charge in [-0.2, -0.15) is 5.10 Å². The molecule has 1 aromatic heterocycles. The van der Waals surface area contributed by atoms with Gasteiger partial charge in [-0.25, -0.2) is 0 Å². The van der Waals surface area contributed by atoms with Crippen molar-refractivity contribution in [1.82, 2.24) is 9.78 Å². The molecule has 0 unspecified atom stereocenters. The number of carbonyl (C=O) groups excluding carboxylic acids is 1. The number of rotatable bonds is 4. The van der Waals surface area contributed by atoms with Crippen molar-refractivity contribution in [1.29, 1.82) is 0 Å². The molecule has 0 spiro atoms. The van der Waals surface area contributed by atoms with Gasteiger partial charge in [0.05, 0.1) is 30.3 Å². The number of amides is 1. The van der Waals surface area contributed by atoms with Crippen LogP contribution in [0.25, 0.3) is 0 Å². The van der Waals surface area contributed by atoms with Gasteiger partial charge in [-0.1, -0.05) is 18.2 Å². The van der Waals surface area contributed by atoms with Gasteiger partial charge in [-0.05, 0) is 18.1 Å². The van der Waals surface area contributed by atoms with Crippen molar-refractivity contribution >= 4 is 23.4 Å². The lowest BCUT2D eigenvalue weighted by molar-refractivity contribution is -0.115. The lowest BCUT2D eigenvalue weighted by Crippen LogP contribution is -2.24. The number of benzene rings is 1. The van der Waals surface area contributed by atoms with E-state index in [4.69, 9.17) is 5.11 Å². The Kier molecular flexibility index (Phi) is 3.75. The maximum absolute atomic E-state index is 12.2. The summed E-state index contributed by atoms with van der Waals surface area (Å²) in [7, 11) is 0. The number of hydrogen-bond donors (Lipinski definition) is 2. The Morgan fingerprint density at radius 1 is 1.50 bits per heavy atom. The molecule has 2 N–H and O–H groups in total. The van der Waals surface area contributed by atoms with Crippen LogP contribution in [-0.2, 0) is 17.8 Å². The molecule has 1 aliphatic rings. The number of carbonyl (C=O) groups is 1. The number of aliphatic hydroxyl groups is 1. The first kappa shape index (κ1) is 13.2. The molecule has 1 aliphatic heterocycles. The molecular formula is C14H15N3O2S. The SMILES string of the molecule is O=C(Nc1cnn(CCO)c1)[C@@H]1Cc2ccccc2S1. The molecule has 20 heavy (non-hydrogen) atoms. The number of aromatic nitrogens is 2. The molecule has 0 radical (unpaired) electrons. The number of hydrogen-bond acceptors (Lipinski definition) is 4. The molecular weight excluding hydrogens is 274 g/mol. The van der Waals surface area contributed by atoms with Gasteiger partial charge in [0.1, 0.15) is 0 Å². The van der Waals surface area contributed by atoms with E-state index in [0.29, 0.717) is 12.2 Å². The summed E-state index contributed by atoms with van der Waals surface area (Å²) in [6.07, 6.45) is 4.08.